The Morgan fingerprint density at radius 1 is 1.00 bits per heavy atom. The van der Waals surface area contributed by atoms with Crippen molar-refractivity contribution >= 4 is 0 Å². The largest absolute Gasteiger partial charge is 0.271 e. The quantitative estimate of drug-likeness (QED) is 0.647. The van der Waals surface area contributed by atoms with Gasteiger partial charge in [0.05, 0.1) is 6.04 Å². The number of nitrogens with one attached hydrogen (secondary N) is 1. The van der Waals surface area contributed by atoms with Crippen molar-refractivity contribution in [1.29, 1.82) is 0 Å². The van der Waals surface area contributed by atoms with E-state index in [1.165, 1.54) is 18.2 Å². The van der Waals surface area contributed by atoms with E-state index in [-0.39, 0.29) is 5.56 Å². The van der Waals surface area contributed by atoms with E-state index < -0.39 is 17.7 Å². The van der Waals surface area contributed by atoms with E-state index in [0.29, 0.717) is 5.56 Å². The van der Waals surface area contributed by atoms with Crippen LogP contribution in [0.2, 0.25) is 0 Å². The molecular weight excluding hydrogens is 234 g/mol. The summed E-state index contributed by atoms with van der Waals surface area (Å²) in [5.74, 6) is 4.20. The SMILES string of the molecule is Cc1ccc(C(NN)c2c(F)cccc2F)cc1. The van der Waals surface area contributed by atoms with Crippen LogP contribution in [0, 0.1) is 18.6 Å². The molecule has 0 bridgehead atoms. The first-order chi connectivity index (χ1) is 8.63. The highest BCUT2D eigenvalue weighted by Gasteiger charge is 2.20. The average Bonchev–Trinajstić information content (AvgIpc) is 2.35. The number of halogens is 2. The van der Waals surface area contributed by atoms with E-state index in [4.69, 9.17) is 5.84 Å². The molecule has 0 aromatic heterocycles. The fourth-order valence-electron chi connectivity index (χ4n) is 1.89. The molecule has 2 aromatic carbocycles. The van der Waals surface area contributed by atoms with E-state index in [0.717, 1.165) is 5.56 Å². The number of nitrogens with two attached hydrogens (primary N) is 1. The van der Waals surface area contributed by atoms with Gasteiger partial charge < -0.3 is 0 Å². The molecule has 94 valence electrons. The summed E-state index contributed by atoms with van der Waals surface area (Å²) >= 11 is 0. The minimum atomic E-state index is -0.702. The molecule has 0 aliphatic heterocycles. The molecule has 2 rings (SSSR count). The lowest BCUT2D eigenvalue weighted by Gasteiger charge is -2.18. The van der Waals surface area contributed by atoms with E-state index in [9.17, 15) is 8.78 Å². The summed E-state index contributed by atoms with van der Waals surface area (Å²) in [7, 11) is 0. The standard InChI is InChI=1S/C14H14F2N2/c1-9-5-7-10(8-6-9)14(18-17)13-11(15)3-2-4-12(13)16/h2-8,14,18H,17H2,1H3. The van der Waals surface area contributed by atoms with Gasteiger partial charge in [0.2, 0.25) is 0 Å². The molecule has 2 nitrogen and oxygen atoms in total. The molecule has 0 aliphatic rings. The predicted molar refractivity (Wildman–Crippen MR) is 66.7 cm³/mol. The van der Waals surface area contributed by atoms with Gasteiger partial charge in [-0.1, -0.05) is 35.9 Å². The van der Waals surface area contributed by atoms with Gasteiger partial charge in [0, 0.05) is 5.56 Å². The zero-order valence-corrected chi connectivity index (χ0v) is 9.95. The molecule has 0 heterocycles. The third kappa shape index (κ3) is 2.39. The third-order valence-electron chi connectivity index (χ3n) is 2.87. The van der Waals surface area contributed by atoms with E-state index in [1.807, 2.05) is 19.1 Å². The summed E-state index contributed by atoms with van der Waals surface area (Å²) in [5, 5.41) is 0. The van der Waals surface area contributed by atoms with E-state index >= 15 is 0 Å². The summed E-state index contributed by atoms with van der Waals surface area (Å²) < 4.78 is 27.4. The molecule has 1 unspecified atom stereocenters. The van der Waals surface area contributed by atoms with Gasteiger partial charge in [0.15, 0.2) is 0 Å². The lowest BCUT2D eigenvalue weighted by Crippen LogP contribution is -2.30. The molecule has 0 amide bonds. The summed E-state index contributed by atoms with van der Waals surface area (Å²) in [6, 6.07) is 10.4. The van der Waals surface area contributed by atoms with Crippen molar-refractivity contribution < 1.29 is 8.78 Å². The van der Waals surface area contributed by atoms with Crippen molar-refractivity contribution in [2.24, 2.45) is 5.84 Å². The number of hydrogen-bond acceptors (Lipinski definition) is 2. The number of hydrogen-bond donors (Lipinski definition) is 2. The third-order valence-corrected chi connectivity index (χ3v) is 2.87. The van der Waals surface area contributed by atoms with Crippen molar-refractivity contribution in [3.63, 3.8) is 0 Å². The maximum atomic E-state index is 13.7. The molecule has 0 saturated heterocycles. The average molecular weight is 248 g/mol. The maximum absolute atomic E-state index is 13.7. The molecule has 0 fully saturated rings. The van der Waals surface area contributed by atoms with Gasteiger partial charge in [-0.3, -0.25) is 5.84 Å². The Balaban J connectivity index is 2.48. The summed E-state index contributed by atoms with van der Waals surface area (Å²) in [6.07, 6.45) is 0. The molecule has 2 aromatic rings. The molecule has 0 spiro atoms. The minimum Gasteiger partial charge on any atom is -0.271 e. The lowest BCUT2D eigenvalue weighted by atomic mass is 9.97. The highest BCUT2D eigenvalue weighted by atomic mass is 19.1. The highest BCUT2D eigenvalue weighted by molar-refractivity contribution is 5.34. The molecule has 3 N–H and O–H groups in total. The highest BCUT2D eigenvalue weighted by Crippen LogP contribution is 2.26. The van der Waals surface area contributed by atoms with E-state index in [2.05, 4.69) is 5.43 Å². The van der Waals surface area contributed by atoms with Crippen molar-refractivity contribution in [2.45, 2.75) is 13.0 Å². The first kappa shape index (κ1) is 12.7. The minimum absolute atomic E-state index is 0.0659. The Hall–Kier alpha value is -1.78. The van der Waals surface area contributed by atoms with Gasteiger partial charge in [-0.05, 0) is 24.6 Å². The number of rotatable bonds is 3. The Morgan fingerprint density at radius 3 is 2.06 bits per heavy atom. The van der Waals surface area contributed by atoms with Crippen molar-refractivity contribution in [1.82, 2.24) is 5.43 Å². The van der Waals surface area contributed by atoms with Crippen LogP contribution in [0.1, 0.15) is 22.7 Å². The number of benzene rings is 2. The Labute approximate surface area is 104 Å². The number of aryl methyl sites for hydroxylation is 1. The first-order valence-electron chi connectivity index (χ1n) is 5.60. The molecule has 1 atom stereocenters. The Kier molecular flexibility index (Phi) is 3.69. The van der Waals surface area contributed by atoms with Gasteiger partial charge in [-0.25, -0.2) is 14.2 Å². The summed E-state index contributed by atoms with van der Waals surface area (Å²) in [4.78, 5) is 0. The zero-order chi connectivity index (χ0) is 13.1. The van der Waals surface area contributed by atoms with Crippen LogP contribution in [-0.2, 0) is 0 Å². The van der Waals surface area contributed by atoms with Crippen LogP contribution in [-0.4, -0.2) is 0 Å². The maximum Gasteiger partial charge on any atom is 0.131 e. The molecular formula is C14H14F2N2. The van der Waals surface area contributed by atoms with Crippen LogP contribution in [0.25, 0.3) is 0 Å². The van der Waals surface area contributed by atoms with Crippen LogP contribution >= 0.6 is 0 Å². The van der Waals surface area contributed by atoms with Crippen LogP contribution in [0.5, 0.6) is 0 Å². The van der Waals surface area contributed by atoms with Gasteiger partial charge in [0.25, 0.3) is 0 Å². The van der Waals surface area contributed by atoms with Crippen molar-refractivity contribution in [3.05, 3.63) is 70.8 Å². The predicted octanol–water partition coefficient (Wildman–Crippen LogP) is 2.83. The summed E-state index contributed by atoms with van der Waals surface area (Å²) in [6.45, 7) is 1.94. The Bertz CT molecular complexity index is 518. The first-order valence-corrected chi connectivity index (χ1v) is 5.60. The molecule has 0 saturated carbocycles. The Morgan fingerprint density at radius 2 is 1.56 bits per heavy atom. The van der Waals surface area contributed by atoms with Gasteiger partial charge >= 0.3 is 0 Å². The second-order valence-electron chi connectivity index (χ2n) is 4.15. The summed E-state index contributed by atoms with van der Waals surface area (Å²) in [5.41, 5.74) is 4.18. The second kappa shape index (κ2) is 5.25. The monoisotopic (exact) mass is 248 g/mol. The van der Waals surface area contributed by atoms with Crippen LogP contribution in [0.4, 0.5) is 8.78 Å². The molecule has 4 heteroatoms. The zero-order valence-electron chi connectivity index (χ0n) is 9.95. The number of hydrazine groups is 1. The smallest absolute Gasteiger partial charge is 0.131 e. The van der Waals surface area contributed by atoms with Crippen molar-refractivity contribution in [3.8, 4) is 0 Å². The van der Waals surface area contributed by atoms with Crippen LogP contribution < -0.4 is 11.3 Å². The van der Waals surface area contributed by atoms with Gasteiger partial charge in [0.1, 0.15) is 11.6 Å². The fraction of sp³-hybridized carbons (Fsp3) is 0.143. The lowest BCUT2D eigenvalue weighted by molar-refractivity contribution is 0.510. The van der Waals surface area contributed by atoms with Crippen LogP contribution in [0.3, 0.4) is 0 Å². The fourth-order valence-corrected chi connectivity index (χ4v) is 1.89. The topological polar surface area (TPSA) is 38.0 Å². The van der Waals surface area contributed by atoms with Gasteiger partial charge in [-0.2, -0.15) is 0 Å². The molecule has 0 radical (unpaired) electrons. The molecule has 0 aliphatic carbocycles. The van der Waals surface area contributed by atoms with Gasteiger partial charge in [-0.15, -0.1) is 0 Å². The van der Waals surface area contributed by atoms with Crippen molar-refractivity contribution in [2.75, 3.05) is 0 Å². The van der Waals surface area contributed by atoms with E-state index in [1.54, 1.807) is 12.1 Å². The van der Waals surface area contributed by atoms with Crippen LogP contribution in [0.15, 0.2) is 42.5 Å². The second-order valence-corrected chi connectivity index (χ2v) is 4.15. The molecule has 18 heavy (non-hydrogen) atoms. The normalized spacial score (nSPS) is 12.4.